The van der Waals surface area contributed by atoms with Gasteiger partial charge in [0.2, 0.25) is 0 Å². The first-order valence-corrected chi connectivity index (χ1v) is 2.46. The summed E-state index contributed by atoms with van der Waals surface area (Å²) in [6.07, 6.45) is 0. The Morgan fingerprint density at radius 3 is 2.56 bits per heavy atom. The van der Waals surface area contributed by atoms with Gasteiger partial charge in [-0.15, -0.1) is 0 Å². The summed E-state index contributed by atoms with van der Waals surface area (Å²) in [5.41, 5.74) is 5.09. The maximum absolute atomic E-state index is 6.90. The molecule has 1 radical (unpaired) electrons. The number of nitrogens with two attached hydrogens (primary N) is 1. The summed E-state index contributed by atoms with van der Waals surface area (Å²) in [6, 6.07) is 3.28. The molecule has 1 heterocycles. The Kier molecular flexibility index (Phi) is 1.26. The lowest BCUT2D eigenvalue weighted by atomic mass is 10.4. The second kappa shape index (κ2) is 1.93. The third-order valence-electron chi connectivity index (χ3n) is 0.927. The number of nitrogen functional groups attached to an aromatic ring is 1. The summed E-state index contributed by atoms with van der Waals surface area (Å²) in [6.45, 7) is 3.50. The third kappa shape index (κ3) is 1.10. The maximum Gasteiger partial charge on any atom is 0.168 e. The molecule has 0 aliphatic heterocycles. The molecule has 0 amide bonds. The van der Waals surface area contributed by atoms with Crippen LogP contribution >= 0.6 is 0 Å². The van der Waals surface area contributed by atoms with Crippen LogP contribution in [0.2, 0.25) is 0 Å². The number of amidine groups is 1. The molecule has 0 spiro atoms. The first-order chi connectivity index (χ1) is 4.20. The molecule has 0 atom stereocenters. The minimum atomic E-state index is -0.0649. The first kappa shape index (κ1) is 5.88. The quantitative estimate of drug-likeness (QED) is 0.427. The van der Waals surface area contributed by atoms with E-state index in [2.05, 4.69) is 6.92 Å². The van der Waals surface area contributed by atoms with E-state index in [4.69, 9.17) is 15.6 Å². The highest BCUT2D eigenvalue weighted by Crippen LogP contribution is 2.03. The van der Waals surface area contributed by atoms with E-state index in [1.807, 2.05) is 0 Å². The van der Waals surface area contributed by atoms with Crippen molar-refractivity contribution in [2.45, 2.75) is 0 Å². The van der Waals surface area contributed by atoms with Crippen LogP contribution in [0.5, 0.6) is 0 Å². The largest absolute Gasteiger partial charge is 0.458 e. The highest BCUT2D eigenvalue weighted by molar-refractivity contribution is 5.92. The van der Waals surface area contributed by atoms with Gasteiger partial charge in [0.05, 0.1) is 0 Å². The second-order valence-corrected chi connectivity index (χ2v) is 1.68. The fourth-order valence-electron chi connectivity index (χ4n) is 0.523. The van der Waals surface area contributed by atoms with Gasteiger partial charge in [0, 0.05) is 6.92 Å². The van der Waals surface area contributed by atoms with Crippen LogP contribution in [0.4, 0.5) is 0 Å². The van der Waals surface area contributed by atoms with Crippen molar-refractivity contribution in [3.8, 4) is 0 Å². The van der Waals surface area contributed by atoms with Gasteiger partial charge in [0.25, 0.3) is 0 Å². The Balaban J connectivity index is 2.98. The van der Waals surface area contributed by atoms with E-state index < -0.39 is 0 Å². The molecule has 3 N–H and O–H groups in total. The monoisotopic (exact) mass is 123 g/mol. The summed E-state index contributed by atoms with van der Waals surface area (Å²) in [7, 11) is 0. The van der Waals surface area contributed by atoms with Gasteiger partial charge in [-0.05, 0) is 12.1 Å². The molecule has 0 bridgehead atoms. The fourth-order valence-corrected chi connectivity index (χ4v) is 0.523. The molecule has 47 valence electrons. The smallest absolute Gasteiger partial charge is 0.168 e. The molecule has 0 saturated heterocycles. The molecule has 9 heavy (non-hydrogen) atoms. The van der Waals surface area contributed by atoms with Gasteiger partial charge in [0.1, 0.15) is 5.76 Å². The van der Waals surface area contributed by atoms with Gasteiger partial charge in [-0.1, -0.05) is 0 Å². The summed E-state index contributed by atoms with van der Waals surface area (Å²) < 4.78 is 4.88. The Morgan fingerprint density at radius 2 is 2.33 bits per heavy atom. The number of hydrogen-bond acceptors (Lipinski definition) is 2. The van der Waals surface area contributed by atoms with E-state index in [0.29, 0.717) is 11.5 Å². The van der Waals surface area contributed by atoms with Crippen LogP contribution in [-0.4, -0.2) is 5.84 Å². The van der Waals surface area contributed by atoms with Crippen molar-refractivity contribution in [3.63, 3.8) is 0 Å². The van der Waals surface area contributed by atoms with Crippen molar-refractivity contribution in [2.75, 3.05) is 0 Å². The number of rotatable bonds is 1. The van der Waals surface area contributed by atoms with Crippen molar-refractivity contribution in [3.05, 3.63) is 30.6 Å². The Morgan fingerprint density at radius 1 is 1.67 bits per heavy atom. The minimum Gasteiger partial charge on any atom is -0.458 e. The fraction of sp³-hybridized carbons (Fsp3) is 0. The zero-order valence-electron chi connectivity index (χ0n) is 4.85. The van der Waals surface area contributed by atoms with Crippen LogP contribution in [0.1, 0.15) is 11.5 Å². The van der Waals surface area contributed by atoms with Crippen molar-refractivity contribution >= 4 is 5.84 Å². The van der Waals surface area contributed by atoms with Crippen LogP contribution < -0.4 is 5.73 Å². The van der Waals surface area contributed by atoms with E-state index >= 15 is 0 Å². The molecular formula is C6H7N2O. The maximum atomic E-state index is 6.90. The van der Waals surface area contributed by atoms with E-state index in [-0.39, 0.29) is 5.84 Å². The summed E-state index contributed by atoms with van der Waals surface area (Å²) in [5.74, 6) is 0.838. The zero-order chi connectivity index (χ0) is 6.85. The van der Waals surface area contributed by atoms with Crippen LogP contribution in [0.15, 0.2) is 16.5 Å². The van der Waals surface area contributed by atoms with Crippen molar-refractivity contribution in [1.82, 2.24) is 0 Å². The predicted octanol–water partition coefficient (Wildman–Crippen LogP) is 0.746. The lowest BCUT2D eigenvalue weighted by Gasteiger charge is -1.86. The van der Waals surface area contributed by atoms with Gasteiger partial charge in [-0.3, -0.25) is 5.41 Å². The molecule has 0 aliphatic carbocycles. The predicted molar refractivity (Wildman–Crippen MR) is 34.2 cm³/mol. The van der Waals surface area contributed by atoms with Crippen LogP contribution in [0.3, 0.4) is 0 Å². The SMILES string of the molecule is [CH2]c1ccc(C(=N)N)o1. The van der Waals surface area contributed by atoms with Crippen molar-refractivity contribution in [2.24, 2.45) is 5.73 Å². The topological polar surface area (TPSA) is 63.0 Å². The van der Waals surface area contributed by atoms with Crippen LogP contribution in [0, 0.1) is 12.3 Å². The molecule has 1 aromatic rings. The van der Waals surface area contributed by atoms with Crippen molar-refractivity contribution in [1.29, 1.82) is 5.41 Å². The number of hydrogen-bond donors (Lipinski definition) is 2. The molecule has 1 rings (SSSR count). The summed E-state index contributed by atoms with van der Waals surface area (Å²) in [4.78, 5) is 0. The summed E-state index contributed by atoms with van der Waals surface area (Å²) in [5, 5.41) is 6.90. The highest BCUT2D eigenvalue weighted by atomic mass is 16.3. The van der Waals surface area contributed by atoms with Crippen LogP contribution in [-0.2, 0) is 0 Å². The highest BCUT2D eigenvalue weighted by Gasteiger charge is 1.98. The van der Waals surface area contributed by atoms with Gasteiger partial charge in [0.15, 0.2) is 11.6 Å². The van der Waals surface area contributed by atoms with Crippen molar-refractivity contribution < 1.29 is 4.42 Å². The minimum absolute atomic E-state index is 0.0649. The Labute approximate surface area is 53.0 Å². The average Bonchev–Trinajstić information content (AvgIpc) is 2.14. The van der Waals surface area contributed by atoms with E-state index in [0.717, 1.165) is 0 Å². The van der Waals surface area contributed by atoms with Gasteiger partial charge in [-0.2, -0.15) is 0 Å². The average molecular weight is 123 g/mol. The Hall–Kier alpha value is -1.25. The van der Waals surface area contributed by atoms with Gasteiger partial charge in [-0.25, -0.2) is 0 Å². The molecular weight excluding hydrogens is 116 g/mol. The van der Waals surface area contributed by atoms with Crippen LogP contribution in [0.25, 0.3) is 0 Å². The second-order valence-electron chi connectivity index (χ2n) is 1.68. The normalized spacial score (nSPS) is 9.44. The molecule has 0 unspecified atom stereocenters. The van der Waals surface area contributed by atoms with Gasteiger partial charge >= 0.3 is 0 Å². The standard InChI is InChI=1S/C6H7N2O/c1-4-2-3-5(9-4)6(7)8/h2-3H,1H2,(H3,7,8). The van der Waals surface area contributed by atoms with E-state index in [1.165, 1.54) is 0 Å². The van der Waals surface area contributed by atoms with E-state index in [1.54, 1.807) is 12.1 Å². The molecule has 3 heteroatoms. The molecule has 1 aromatic heterocycles. The van der Waals surface area contributed by atoms with Gasteiger partial charge < -0.3 is 10.2 Å². The lowest BCUT2D eigenvalue weighted by molar-refractivity contribution is 0.538. The summed E-state index contributed by atoms with van der Waals surface area (Å²) >= 11 is 0. The number of nitrogens with one attached hydrogen (secondary N) is 1. The molecule has 0 aromatic carbocycles. The molecule has 0 fully saturated rings. The molecule has 3 nitrogen and oxygen atoms in total. The van der Waals surface area contributed by atoms with E-state index in [9.17, 15) is 0 Å². The molecule has 0 aliphatic rings. The Bertz CT molecular complexity index is 227. The third-order valence-corrected chi connectivity index (χ3v) is 0.927. The number of furan rings is 1. The zero-order valence-corrected chi connectivity index (χ0v) is 4.85. The molecule has 0 saturated carbocycles. The lowest BCUT2D eigenvalue weighted by Crippen LogP contribution is -2.09. The first-order valence-electron chi connectivity index (χ1n) is 2.46.